The first-order valence-corrected chi connectivity index (χ1v) is 8.68. The largest absolute Gasteiger partial charge is 0.468 e. The number of aryl methyl sites for hydroxylation is 1. The van der Waals surface area contributed by atoms with Crippen molar-refractivity contribution in [3.05, 3.63) is 34.4 Å². The molecule has 0 saturated heterocycles. The third kappa shape index (κ3) is 2.80. The lowest BCUT2D eigenvalue weighted by Crippen LogP contribution is -2.32. The highest BCUT2D eigenvalue weighted by Gasteiger charge is 2.34. The average Bonchev–Trinajstić information content (AvgIpc) is 3.11. The Morgan fingerprint density at radius 1 is 1.42 bits per heavy atom. The van der Waals surface area contributed by atoms with Gasteiger partial charge in [0.1, 0.15) is 12.0 Å². The molecule has 0 atom stereocenters. The van der Waals surface area contributed by atoms with Gasteiger partial charge in [-0.1, -0.05) is 13.8 Å². The highest BCUT2D eigenvalue weighted by molar-refractivity contribution is 6.12. The molecule has 0 bridgehead atoms. The average molecular weight is 358 g/mol. The number of anilines is 1. The van der Waals surface area contributed by atoms with Crippen molar-refractivity contribution in [3.8, 4) is 0 Å². The molecule has 2 aromatic rings. The van der Waals surface area contributed by atoms with Crippen LogP contribution in [0.4, 0.5) is 5.82 Å². The van der Waals surface area contributed by atoms with Crippen LogP contribution in [0.2, 0.25) is 0 Å². The van der Waals surface area contributed by atoms with Crippen molar-refractivity contribution >= 4 is 17.6 Å². The van der Waals surface area contributed by atoms with Crippen LogP contribution in [0.5, 0.6) is 0 Å². The van der Waals surface area contributed by atoms with E-state index in [0.717, 1.165) is 17.7 Å². The van der Waals surface area contributed by atoms with Gasteiger partial charge in [-0.3, -0.25) is 14.3 Å². The minimum Gasteiger partial charge on any atom is -0.468 e. The van der Waals surface area contributed by atoms with Crippen molar-refractivity contribution in [2.24, 2.45) is 12.5 Å². The highest BCUT2D eigenvalue weighted by Crippen LogP contribution is 2.30. The lowest BCUT2D eigenvalue weighted by Gasteiger charge is -2.20. The zero-order valence-corrected chi connectivity index (χ0v) is 15.1. The van der Waals surface area contributed by atoms with Gasteiger partial charge in [-0.2, -0.15) is 5.10 Å². The van der Waals surface area contributed by atoms with Gasteiger partial charge < -0.3 is 19.8 Å². The maximum atomic E-state index is 12.8. The van der Waals surface area contributed by atoms with E-state index in [4.69, 9.17) is 9.15 Å². The summed E-state index contributed by atoms with van der Waals surface area (Å²) in [7, 11) is 1.85. The number of hydrogen-bond donors (Lipinski definition) is 2. The second-order valence-corrected chi connectivity index (χ2v) is 7.63. The van der Waals surface area contributed by atoms with Crippen LogP contribution in [0.1, 0.15) is 51.6 Å². The minimum atomic E-state index is -0.406. The standard InChI is InChI=1S/C18H22N4O4/c1-18(2)6-13-14(17(24)19-9-18)11(8-26-13)16(23)20-15-10-7-25-5-4-12(10)22(3)21-15/h8H,4-7,9H2,1-3H3,(H,19,24)(H,20,21,23). The van der Waals surface area contributed by atoms with E-state index < -0.39 is 5.91 Å². The van der Waals surface area contributed by atoms with E-state index in [0.29, 0.717) is 43.3 Å². The van der Waals surface area contributed by atoms with Crippen molar-refractivity contribution < 1.29 is 18.7 Å². The second kappa shape index (κ2) is 5.98. The summed E-state index contributed by atoms with van der Waals surface area (Å²) in [4.78, 5) is 25.3. The number of nitrogens with one attached hydrogen (secondary N) is 2. The lowest BCUT2D eigenvalue weighted by molar-refractivity contribution is 0.0933. The summed E-state index contributed by atoms with van der Waals surface area (Å²) in [5, 5.41) is 10.1. The molecule has 0 saturated carbocycles. The molecule has 0 aromatic carbocycles. The summed E-state index contributed by atoms with van der Waals surface area (Å²) >= 11 is 0. The van der Waals surface area contributed by atoms with Crippen LogP contribution in [0, 0.1) is 5.41 Å². The zero-order valence-electron chi connectivity index (χ0n) is 15.1. The van der Waals surface area contributed by atoms with Crippen LogP contribution in [-0.4, -0.2) is 34.7 Å². The third-order valence-electron chi connectivity index (χ3n) is 4.94. The third-order valence-corrected chi connectivity index (χ3v) is 4.94. The number of hydrogen-bond acceptors (Lipinski definition) is 5. The first-order valence-electron chi connectivity index (χ1n) is 8.68. The van der Waals surface area contributed by atoms with Crippen LogP contribution in [-0.2, 0) is 31.2 Å². The monoisotopic (exact) mass is 358 g/mol. The van der Waals surface area contributed by atoms with Gasteiger partial charge in [0.05, 0.1) is 24.3 Å². The Labute approximate surface area is 150 Å². The van der Waals surface area contributed by atoms with Gasteiger partial charge in [-0.15, -0.1) is 0 Å². The molecule has 0 spiro atoms. The fourth-order valence-corrected chi connectivity index (χ4v) is 3.53. The van der Waals surface area contributed by atoms with Crippen molar-refractivity contribution in [1.82, 2.24) is 15.1 Å². The van der Waals surface area contributed by atoms with E-state index in [1.807, 2.05) is 20.9 Å². The number of amides is 2. The van der Waals surface area contributed by atoms with Crippen molar-refractivity contribution in [1.29, 1.82) is 0 Å². The summed E-state index contributed by atoms with van der Waals surface area (Å²) in [5.74, 6) is 0.324. The van der Waals surface area contributed by atoms with Crippen LogP contribution >= 0.6 is 0 Å². The molecule has 4 heterocycles. The van der Waals surface area contributed by atoms with Gasteiger partial charge in [-0.25, -0.2) is 0 Å². The van der Waals surface area contributed by atoms with Crippen LogP contribution in [0.25, 0.3) is 0 Å². The Balaban J connectivity index is 1.65. The minimum absolute atomic E-state index is 0.135. The molecular weight excluding hydrogens is 336 g/mol. The Morgan fingerprint density at radius 3 is 3.04 bits per heavy atom. The van der Waals surface area contributed by atoms with E-state index in [2.05, 4.69) is 15.7 Å². The summed E-state index contributed by atoms with van der Waals surface area (Å²) < 4.78 is 12.8. The molecule has 8 nitrogen and oxygen atoms in total. The fourth-order valence-electron chi connectivity index (χ4n) is 3.53. The second-order valence-electron chi connectivity index (χ2n) is 7.63. The number of ether oxygens (including phenoxy) is 1. The maximum absolute atomic E-state index is 12.8. The molecule has 4 rings (SSSR count). The molecule has 0 aliphatic carbocycles. The van der Waals surface area contributed by atoms with E-state index in [1.54, 1.807) is 4.68 Å². The molecule has 2 aromatic heterocycles. The number of carbonyl (C=O) groups is 2. The van der Waals surface area contributed by atoms with Gasteiger partial charge >= 0.3 is 0 Å². The number of fused-ring (bicyclic) bond motifs is 2. The first-order chi connectivity index (χ1) is 12.4. The number of nitrogens with zero attached hydrogens (tertiary/aromatic N) is 2. The van der Waals surface area contributed by atoms with Gasteiger partial charge in [0.25, 0.3) is 11.8 Å². The molecule has 8 heteroatoms. The number of aromatic nitrogens is 2. The van der Waals surface area contributed by atoms with E-state index in [1.165, 1.54) is 6.26 Å². The molecular formula is C18H22N4O4. The molecule has 26 heavy (non-hydrogen) atoms. The van der Waals surface area contributed by atoms with E-state index in [-0.39, 0.29) is 16.9 Å². The summed E-state index contributed by atoms with van der Waals surface area (Å²) in [6, 6.07) is 0. The summed E-state index contributed by atoms with van der Waals surface area (Å²) in [6.07, 6.45) is 2.70. The topological polar surface area (TPSA) is 98.4 Å². The number of furan rings is 1. The predicted molar refractivity (Wildman–Crippen MR) is 93.0 cm³/mol. The number of carbonyl (C=O) groups excluding carboxylic acids is 2. The molecule has 0 radical (unpaired) electrons. The van der Waals surface area contributed by atoms with Crippen molar-refractivity contribution in [3.63, 3.8) is 0 Å². The normalized spacial score (nSPS) is 18.5. The zero-order chi connectivity index (χ0) is 18.5. The summed E-state index contributed by atoms with van der Waals surface area (Å²) in [5.41, 5.74) is 2.34. The highest BCUT2D eigenvalue weighted by atomic mass is 16.5. The Kier molecular flexibility index (Phi) is 3.87. The molecule has 2 N–H and O–H groups in total. The molecule has 2 aliphatic rings. The van der Waals surface area contributed by atoms with Crippen LogP contribution in [0.15, 0.2) is 10.7 Å². The van der Waals surface area contributed by atoms with Crippen LogP contribution in [0.3, 0.4) is 0 Å². The van der Waals surface area contributed by atoms with E-state index >= 15 is 0 Å². The predicted octanol–water partition coefficient (Wildman–Crippen LogP) is 1.65. The van der Waals surface area contributed by atoms with Crippen LogP contribution < -0.4 is 10.6 Å². The van der Waals surface area contributed by atoms with Crippen molar-refractivity contribution in [2.45, 2.75) is 33.3 Å². The SMILES string of the molecule is Cn1nc(NC(=O)c2coc3c2C(=O)NCC(C)(C)C3)c2c1CCOC2. The molecule has 0 unspecified atom stereocenters. The number of rotatable bonds is 2. The quantitative estimate of drug-likeness (QED) is 0.851. The molecule has 2 aliphatic heterocycles. The Bertz CT molecular complexity index is 893. The summed E-state index contributed by atoms with van der Waals surface area (Å²) in [6.45, 7) is 5.68. The Hall–Kier alpha value is -2.61. The van der Waals surface area contributed by atoms with E-state index in [9.17, 15) is 9.59 Å². The maximum Gasteiger partial charge on any atom is 0.260 e. The molecule has 0 fully saturated rings. The fraction of sp³-hybridized carbons (Fsp3) is 0.500. The van der Waals surface area contributed by atoms with Gasteiger partial charge in [0.15, 0.2) is 5.82 Å². The van der Waals surface area contributed by atoms with Gasteiger partial charge in [-0.05, 0) is 5.41 Å². The molecule has 2 amide bonds. The lowest BCUT2D eigenvalue weighted by atomic mass is 9.88. The first kappa shape index (κ1) is 16.8. The van der Waals surface area contributed by atoms with Gasteiger partial charge in [0, 0.05) is 37.7 Å². The molecule has 138 valence electrons. The Morgan fingerprint density at radius 2 is 2.23 bits per heavy atom. The van der Waals surface area contributed by atoms with Crippen molar-refractivity contribution in [2.75, 3.05) is 18.5 Å². The van der Waals surface area contributed by atoms with Gasteiger partial charge in [0.2, 0.25) is 0 Å². The smallest absolute Gasteiger partial charge is 0.260 e.